The molecule has 0 radical (unpaired) electrons. The third kappa shape index (κ3) is 13.4. The largest absolute Gasteiger partial charge is 0.467 e. The maximum absolute atomic E-state index is 14.8. The van der Waals surface area contributed by atoms with E-state index in [0.717, 1.165) is 32.6 Å². The molecule has 2 aliphatic rings. The lowest BCUT2D eigenvalue weighted by atomic mass is 9.74. The van der Waals surface area contributed by atoms with Gasteiger partial charge in [0.05, 0.1) is 47.3 Å². The van der Waals surface area contributed by atoms with Crippen LogP contribution in [0.5, 0.6) is 0 Å². The average molecular weight is 895 g/mol. The van der Waals surface area contributed by atoms with Crippen LogP contribution in [0.4, 0.5) is 0 Å². The highest BCUT2D eigenvalue weighted by molar-refractivity contribution is 5.96. The Labute approximate surface area is 372 Å². The van der Waals surface area contributed by atoms with E-state index in [0.29, 0.717) is 17.9 Å². The third-order valence-electron chi connectivity index (χ3n) is 11.3. The van der Waals surface area contributed by atoms with Gasteiger partial charge < -0.3 is 61.6 Å². The van der Waals surface area contributed by atoms with Gasteiger partial charge in [0.1, 0.15) is 25.8 Å². The molecular formula is C46H70O17. The molecule has 356 valence electrons. The Balaban J connectivity index is 2.29. The number of hydrogen-bond donors (Lipinski definition) is 0. The summed E-state index contributed by atoms with van der Waals surface area (Å²) in [6, 6.07) is 9.72. The molecule has 63 heavy (non-hydrogen) atoms. The van der Waals surface area contributed by atoms with Gasteiger partial charge in [0.15, 0.2) is 12.2 Å². The fourth-order valence-electron chi connectivity index (χ4n) is 8.14. The van der Waals surface area contributed by atoms with Crippen molar-refractivity contribution in [3.05, 3.63) is 60.2 Å². The SMILES string of the molecule is C=C(CC[C@]12O[C@H](COC)[C@@](OCOCCOC)(C(=O)OC)[C@](C(=O)OC)(O1)[C@H](OC(=O)/C=C/[C@@H](C)C[C@@H](C)CC)[C@H]2OCOCCOC)[C@@H](OC(C)=O)[C@H](C)Cc1ccccc1. The summed E-state index contributed by atoms with van der Waals surface area (Å²) in [5, 5.41) is 0. The first kappa shape index (κ1) is 53.6. The van der Waals surface area contributed by atoms with Crippen molar-refractivity contribution in [3.8, 4) is 0 Å². The zero-order chi connectivity index (χ0) is 46.6. The lowest BCUT2D eigenvalue weighted by molar-refractivity contribution is -0.398. The minimum Gasteiger partial charge on any atom is -0.467 e. The highest BCUT2D eigenvalue weighted by Crippen LogP contribution is 2.58. The van der Waals surface area contributed by atoms with Crippen molar-refractivity contribution in [1.29, 1.82) is 0 Å². The molecule has 17 nitrogen and oxygen atoms in total. The van der Waals surface area contributed by atoms with Crippen molar-refractivity contribution in [2.75, 3.05) is 82.2 Å². The molecule has 3 rings (SSSR count). The highest BCUT2D eigenvalue weighted by atomic mass is 16.8. The van der Waals surface area contributed by atoms with Crippen molar-refractivity contribution in [3.63, 3.8) is 0 Å². The Morgan fingerprint density at radius 1 is 0.857 bits per heavy atom. The van der Waals surface area contributed by atoms with Gasteiger partial charge in [-0.1, -0.05) is 77.1 Å². The summed E-state index contributed by atoms with van der Waals surface area (Å²) in [5.41, 5.74) is -3.87. The van der Waals surface area contributed by atoms with Gasteiger partial charge >= 0.3 is 23.9 Å². The number of hydrogen-bond acceptors (Lipinski definition) is 17. The van der Waals surface area contributed by atoms with Gasteiger partial charge in [0, 0.05) is 46.7 Å². The molecule has 0 N–H and O–H groups in total. The molecule has 10 atom stereocenters. The molecule has 0 aliphatic carbocycles. The van der Waals surface area contributed by atoms with Crippen LogP contribution in [-0.4, -0.2) is 147 Å². The maximum Gasteiger partial charge on any atom is 0.346 e. The zero-order valence-electron chi connectivity index (χ0n) is 38.7. The van der Waals surface area contributed by atoms with Crippen molar-refractivity contribution in [2.45, 2.75) is 108 Å². The van der Waals surface area contributed by atoms with E-state index in [4.69, 9.17) is 61.6 Å². The lowest BCUT2D eigenvalue weighted by Crippen LogP contribution is -2.78. The number of methoxy groups -OCH3 is 5. The number of ether oxygens (including phenoxy) is 13. The summed E-state index contributed by atoms with van der Waals surface area (Å²) >= 11 is 0. The molecule has 2 bridgehead atoms. The van der Waals surface area contributed by atoms with Crippen molar-refractivity contribution >= 4 is 23.9 Å². The Morgan fingerprint density at radius 3 is 2.10 bits per heavy atom. The van der Waals surface area contributed by atoms with E-state index < -0.39 is 85.5 Å². The molecule has 0 amide bonds. The van der Waals surface area contributed by atoms with Crippen molar-refractivity contribution in [2.24, 2.45) is 17.8 Å². The number of rotatable bonds is 30. The predicted octanol–water partition coefficient (Wildman–Crippen LogP) is 4.91. The fraction of sp³-hybridized carbons (Fsp3) is 0.696. The summed E-state index contributed by atoms with van der Waals surface area (Å²) in [4.78, 5) is 56.0. The van der Waals surface area contributed by atoms with Crippen LogP contribution in [0.25, 0.3) is 0 Å². The van der Waals surface area contributed by atoms with E-state index in [1.807, 2.05) is 44.2 Å². The fourth-order valence-corrected chi connectivity index (χ4v) is 8.14. The van der Waals surface area contributed by atoms with Crippen LogP contribution in [0.2, 0.25) is 0 Å². The third-order valence-corrected chi connectivity index (χ3v) is 11.3. The number of benzene rings is 1. The molecule has 2 fully saturated rings. The molecule has 1 aromatic carbocycles. The minimum atomic E-state index is -2.72. The van der Waals surface area contributed by atoms with Gasteiger partial charge in [0.25, 0.3) is 0 Å². The second-order valence-electron chi connectivity index (χ2n) is 16.0. The van der Waals surface area contributed by atoms with Gasteiger partial charge in [-0.25, -0.2) is 14.4 Å². The summed E-state index contributed by atoms with van der Waals surface area (Å²) in [5.74, 6) is -5.71. The van der Waals surface area contributed by atoms with E-state index in [9.17, 15) is 19.2 Å². The van der Waals surface area contributed by atoms with Crippen LogP contribution in [-0.2, 0) is 87.2 Å². The monoisotopic (exact) mass is 894 g/mol. The molecule has 2 saturated heterocycles. The Bertz CT molecular complexity index is 1620. The topological polar surface area (TPSA) is 188 Å². The van der Waals surface area contributed by atoms with E-state index in [1.165, 1.54) is 34.3 Å². The van der Waals surface area contributed by atoms with E-state index in [-0.39, 0.29) is 51.1 Å². The van der Waals surface area contributed by atoms with Crippen LogP contribution in [0.3, 0.4) is 0 Å². The summed E-state index contributed by atoms with van der Waals surface area (Å²) in [6.07, 6.45) is -0.595. The minimum absolute atomic E-state index is 0.0229. The van der Waals surface area contributed by atoms with E-state index in [2.05, 4.69) is 20.4 Å². The van der Waals surface area contributed by atoms with Gasteiger partial charge in [-0.3, -0.25) is 4.79 Å². The number of allylic oxidation sites excluding steroid dienone is 1. The highest BCUT2D eigenvalue weighted by Gasteiger charge is 2.86. The molecule has 0 spiro atoms. The summed E-state index contributed by atoms with van der Waals surface area (Å²) in [6.45, 7) is 12.8. The second kappa shape index (κ2) is 26.2. The van der Waals surface area contributed by atoms with Crippen LogP contribution in [0.15, 0.2) is 54.6 Å². The average Bonchev–Trinajstić information content (AvgIpc) is 3.49. The van der Waals surface area contributed by atoms with E-state index >= 15 is 0 Å². The molecule has 1 aromatic rings. The first-order valence-electron chi connectivity index (χ1n) is 21.4. The normalized spacial score (nSPS) is 26.1. The lowest BCUT2D eigenvalue weighted by Gasteiger charge is -2.52. The number of esters is 4. The molecule has 17 heteroatoms. The second-order valence-corrected chi connectivity index (χ2v) is 16.0. The van der Waals surface area contributed by atoms with Crippen molar-refractivity contribution < 1.29 is 80.8 Å². The van der Waals surface area contributed by atoms with Crippen LogP contribution in [0, 0.1) is 17.8 Å². The predicted molar refractivity (Wildman–Crippen MR) is 227 cm³/mol. The molecule has 0 aromatic heterocycles. The Kier molecular flexibility index (Phi) is 22.3. The summed E-state index contributed by atoms with van der Waals surface area (Å²) in [7, 11) is 6.51. The number of carbonyl (C=O) groups is 4. The van der Waals surface area contributed by atoms with E-state index in [1.54, 1.807) is 6.08 Å². The smallest absolute Gasteiger partial charge is 0.346 e. The maximum atomic E-state index is 14.8. The standard InChI is InChI=1S/C46H70O17/c1-12-31(2)26-32(3)18-19-38(48)61-41-40(58-29-56-24-22-51-7)44(21-20-33(4)39(60-35(6)47)34(5)27-36-16-14-13-15-17-36)62-37(28-53-9)45(42(49)54-10,59-30-57-25-23-52-8)46(41,63-44)43(50)55-11/h13-19,31-32,34,37,39-41H,4,12,20-30H2,1-3,5-11H3/b19-18+/t31-,32+,34+,37+,39+,40+,41+,44-,45+,46-/m0/s1. The molecule has 2 heterocycles. The summed E-state index contributed by atoms with van der Waals surface area (Å²) < 4.78 is 76.7. The zero-order valence-corrected chi connectivity index (χ0v) is 38.7. The van der Waals surface area contributed by atoms with Gasteiger partial charge in [-0.15, -0.1) is 0 Å². The van der Waals surface area contributed by atoms with Gasteiger partial charge in [0.2, 0.25) is 17.0 Å². The first-order valence-corrected chi connectivity index (χ1v) is 21.4. The molecule has 0 saturated carbocycles. The van der Waals surface area contributed by atoms with Crippen molar-refractivity contribution in [1.82, 2.24) is 0 Å². The molecule has 2 aliphatic heterocycles. The number of fused-ring (bicyclic) bond motifs is 2. The first-order chi connectivity index (χ1) is 30.2. The molecule has 0 unspecified atom stereocenters. The Hall–Kier alpha value is -3.78. The van der Waals surface area contributed by atoms with Crippen LogP contribution in [0.1, 0.15) is 65.9 Å². The molecular weight excluding hydrogens is 824 g/mol. The van der Waals surface area contributed by atoms with Crippen LogP contribution < -0.4 is 0 Å². The quantitative estimate of drug-likeness (QED) is 0.0253. The van der Waals surface area contributed by atoms with Crippen LogP contribution >= 0.6 is 0 Å². The number of carbonyl (C=O) groups excluding carboxylic acids is 4. The Morgan fingerprint density at radius 2 is 1.51 bits per heavy atom. The van der Waals surface area contributed by atoms with Gasteiger partial charge in [-0.2, -0.15) is 0 Å². The van der Waals surface area contributed by atoms with Gasteiger partial charge in [-0.05, 0) is 42.2 Å².